The van der Waals surface area contributed by atoms with Crippen LogP contribution in [0, 0.1) is 0 Å². The van der Waals surface area contributed by atoms with Crippen LogP contribution in [0.15, 0.2) is 102 Å². The molecule has 2 N–H and O–H groups in total. The van der Waals surface area contributed by atoms with Crippen LogP contribution in [0.1, 0.15) is 11.1 Å². The van der Waals surface area contributed by atoms with Crippen LogP contribution in [0.25, 0.3) is 0 Å². The molecule has 0 spiro atoms. The van der Waals surface area contributed by atoms with Gasteiger partial charge in [0.15, 0.2) is 0 Å². The third kappa shape index (κ3) is 2.80. The first-order chi connectivity index (χ1) is 11.4. The van der Waals surface area contributed by atoms with Crippen LogP contribution >= 0.6 is 0 Å². The predicted octanol–water partition coefficient (Wildman–Crippen LogP) is 3.10. The molecular weight excluding hydrogens is 284 g/mol. The number of rotatable bonds is 3. The molecule has 2 aliphatic heterocycles. The van der Waals surface area contributed by atoms with Gasteiger partial charge in [-0.15, -0.1) is 5.53 Å². The van der Waals surface area contributed by atoms with E-state index in [1.54, 1.807) is 0 Å². The average molecular weight is 300 g/mol. The summed E-state index contributed by atoms with van der Waals surface area (Å²) >= 11 is 0. The Hall–Kier alpha value is -3.11. The number of aliphatic imine (C=N–C) groups is 1. The second kappa shape index (κ2) is 5.94. The number of hydrogen-bond acceptors (Lipinski definition) is 4. The molecular formula is C19H16N4. The fourth-order valence-electron chi connectivity index (χ4n) is 2.57. The van der Waals surface area contributed by atoms with E-state index in [1.165, 1.54) is 0 Å². The van der Waals surface area contributed by atoms with Crippen LogP contribution in [-0.4, -0.2) is 10.7 Å². The summed E-state index contributed by atoms with van der Waals surface area (Å²) in [6, 6.07) is 20.5. The van der Waals surface area contributed by atoms with Crippen molar-refractivity contribution in [3.63, 3.8) is 0 Å². The Bertz CT molecular complexity index is 775. The molecule has 0 fully saturated rings. The van der Waals surface area contributed by atoms with Gasteiger partial charge in [-0.3, -0.25) is 5.01 Å². The highest BCUT2D eigenvalue weighted by atomic mass is 15.7. The molecule has 0 radical (unpaired) electrons. The van der Waals surface area contributed by atoms with Gasteiger partial charge >= 0.3 is 0 Å². The van der Waals surface area contributed by atoms with Crippen molar-refractivity contribution in [3.05, 3.63) is 108 Å². The summed E-state index contributed by atoms with van der Waals surface area (Å²) < 4.78 is 0. The van der Waals surface area contributed by atoms with Crippen LogP contribution in [-0.2, 0) is 0 Å². The minimum Gasteiger partial charge on any atom is -0.309 e. The lowest BCUT2D eigenvalue weighted by atomic mass is 10.0. The molecule has 0 atom stereocenters. The van der Waals surface area contributed by atoms with Gasteiger partial charge in [-0.1, -0.05) is 60.7 Å². The first kappa shape index (κ1) is 13.5. The molecule has 0 aliphatic carbocycles. The second-order valence-corrected chi connectivity index (χ2v) is 5.28. The molecule has 2 aromatic rings. The summed E-state index contributed by atoms with van der Waals surface area (Å²) in [6.45, 7) is 0. The van der Waals surface area contributed by atoms with Gasteiger partial charge in [-0.2, -0.15) is 0 Å². The molecule has 0 amide bonds. The second-order valence-electron chi connectivity index (χ2n) is 5.28. The molecule has 0 bridgehead atoms. The molecule has 0 unspecified atom stereocenters. The Kier molecular flexibility index (Phi) is 3.50. The number of benzene rings is 2. The van der Waals surface area contributed by atoms with Crippen molar-refractivity contribution in [2.45, 2.75) is 0 Å². The number of nitrogens with zero attached hydrogens (tertiary/aromatic N) is 2. The zero-order valence-corrected chi connectivity index (χ0v) is 12.5. The zero-order chi connectivity index (χ0) is 15.5. The van der Waals surface area contributed by atoms with Crippen molar-refractivity contribution < 1.29 is 0 Å². The summed E-state index contributed by atoms with van der Waals surface area (Å²) in [5, 5.41) is 1.91. The Labute approximate surface area is 135 Å². The van der Waals surface area contributed by atoms with Gasteiger partial charge in [0, 0.05) is 23.5 Å². The van der Waals surface area contributed by atoms with Crippen LogP contribution < -0.4 is 11.0 Å². The van der Waals surface area contributed by atoms with Gasteiger partial charge < -0.3 is 5.43 Å². The first-order valence-electron chi connectivity index (χ1n) is 7.50. The Morgan fingerprint density at radius 1 is 0.826 bits per heavy atom. The summed E-state index contributed by atoms with van der Waals surface area (Å²) in [4.78, 5) is 4.89. The first-order valence-corrected chi connectivity index (χ1v) is 7.50. The van der Waals surface area contributed by atoms with Crippen molar-refractivity contribution in [1.82, 2.24) is 16.0 Å². The SMILES string of the molecule is C1=CC2=CNNN2C=C1N=C(c1ccccc1)c1ccccc1. The standard InChI is InChI=1S/C19H16N4/c1-3-7-15(8-4-1)19(16-9-5-2-6-10-16)21-17-11-12-18-13-20-22-23(18)14-17/h1-14,20,22H. The molecule has 2 heterocycles. The molecule has 2 aromatic carbocycles. The van der Waals surface area contributed by atoms with Gasteiger partial charge in [0.1, 0.15) is 0 Å². The van der Waals surface area contributed by atoms with Gasteiger partial charge in [0.2, 0.25) is 0 Å². The number of hydrazine groups is 2. The van der Waals surface area contributed by atoms with Crippen molar-refractivity contribution >= 4 is 5.71 Å². The van der Waals surface area contributed by atoms with E-state index in [0.717, 1.165) is 28.2 Å². The normalized spacial score (nSPS) is 15.4. The minimum absolute atomic E-state index is 0.890. The van der Waals surface area contributed by atoms with Crippen molar-refractivity contribution in [3.8, 4) is 0 Å². The summed E-state index contributed by atoms with van der Waals surface area (Å²) in [7, 11) is 0. The lowest BCUT2D eigenvalue weighted by molar-refractivity contribution is 0.347. The molecule has 4 heteroatoms. The Morgan fingerprint density at radius 2 is 1.48 bits per heavy atom. The molecule has 0 saturated heterocycles. The van der Waals surface area contributed by atoms with E-state index in [4.69, 9.17) is 4.99 Å². The largest absolute Gasteiger partial charge is 0.309 e. The van der Waals surface area contributed by atoms with Crippen LogP contribution in [0.4, 0.5) is 0 Å². The lowest BCUT2D eigenvalue weighted by Gasteiger charge is -2.18. The summed E-state index contributed by atoms with van der Waals surface area (Å²) in [5.41, 5.74) is 11.1. The lowest BCUT2D eigenvalue weighted by Crippen LogP contribution is -2.33. The van der Waals surface area contributed by atoms with Crippen LogP contribution in [0.5, 0.6) is 0 Å². The molecule has 0 aromatic heterocycles. The van der Waals surface area contributed by atoms with Gasteiger partial charge in [0.05, 0.1) is 17.1 Å². The molecule has 2 aliphatic rings. The van der Waals surface area contributed by atoms with Gasteiger partial charge in [0.25, 0.3) is 0 Å². The maximum atomic E-state index is 4.89. The third-order valence-corrected chi connectivity index (χ3v) is 3.70. The fourth-order valence-corrected chi connectivity index (χ4v) is 2.57. The van der Waals surface area contributed by atoms with E-state index in [2.05, 4.69) is 35.2 Å². The monoisotopic (exact) mass is 300 g/mol. The molecule has 112 valence electrons. The van der Waals surface area contributed by atoms with E-state index < -0.39 is 0 Å². The molecule has 23 heavy (non-hydrogen) atoms. The Balaban J connectivity index is 1.77. The molecule has 0 saturated carbocycles. The topological polar surface area (TPSA) is 39.7 Å². The smallest absolute Gasteiger partial charge is 0.0816 e. The van der Waals surface area contributed by atoms with Gasteiger partial charge in [-0.05, 0) is 12.2 Å². The van der Waals surface area contributed by atoms with E-state index in [1.807, 2.05) is 66.0 Å². The molecule has 4 nitrogen and oxygen atoms in total. The van der Waals surface area contributed by atoms with Gasteiger partial charge in [-0.25, -0.2) is 4.99 Å². The van der Waals surface area contributed by atoms with Crippen LogP contribution in [0.3, 0.4) is 0 Å². The zero-order valence-electron chi connectivity index (χ0n) is 12.5. The predicted molar refractivity (Wildman–Crippen MR) is 91.9 cm³/mol. The van der Waals surface area contributed by atoms with E-state index in [-0.39, 0.29) is 0 Å². The van der Waals surface area contributed by atoms with Crippen molar-refractivity contribution in [2.75, 3.05) is 0 Å². The van der Waals surface area contributed by atoms with Crippen molar-refractivity contribution in [1.29, 1.82) is 0 Å². The van der Waals surface area contributed by atoms with E-state index >= 15 is 0 Å². The quantitative estimate of drug-likeness (QED) is 0.856. The Morgan fingerprint density at radius 3 is 2.13 bits per heavy atom. The van der Waals surface area contributed by atoms with E-state index in [0.29, 0.717) is 0 Å². The van der Waals surface area contributed by atoms with E-state index in [9.17, 15) is 0 Å². The third-order valence-electron chi connectivity index (χ3n) is 3.70. The van der Waals surface area contributed by atoms with Crippen LogP contribution in [0.2, 0.25) is 0 Å². The maximum Gasteiger partial charge on any atom is 0.0816 e. The highest BCUT2D eigenvalue weighted by molar-refractivity contribution is 6.13. The number of fused-ring (bicyclic) bond motifs is 1. The average Bonchev–Trinajstić information content (AvgIpc) is 3.09. The van der Waals surface area contributed by atoms with Crippen molar-refractivity contribution in [2.24, 2.45) is 4.99 Å². The number of allylic oxidation sites excluding steroid dienone is 2. The minimum atomic E-state index is 0.890. The summed E-state index contributed by atoms with van der Waals surface area (Å²) in [5.74, 6) is 0. The summed E-state index contributed by atoms with van der Waals surface area (Å²) in [6.07, 6.45) is 7.92. The highest BCUT2D eigenvalue weighted by Crippen LogP contribution is 2.20. The highest BCUT2D eigenvalue weighted by Gasteiger charge is 2.15. The molecule has 4 rings (SSSR count). The number of nitrogens with one attached hydrogen (secondary N) is 2. The maximum absolute atomic E-state index is 4.89. The fraction of sp³-hybridized carbons (Fsp3) is 0. The number of hydrogen-bond donors (Lipinski definition) is 2.